The van der Waals surface area contributed by atoms with Crippen LogP contribution in [-0.2, 0) is 13.6 Å². The van der Waals surface area contributed by atoms with Crippen LogP contribution in [0.5, 0.6) is 11.6 Å². The van der Waals surface area contributed by atoms with E-state index in [-0.39, 0.29) is 5.82 Å². The Morgan fingerprint density at radius 1 is 1.07 bits per heavy atom. The van der Waals surface area contributed by atoms with E-state index in [1.54, 1.807) is 29.1 Å². The van der Waals surface area contributed by atoms with Gasteiger partial charge < -0.3 is 10.1 Å². The molecule has 28 heavy (non-hydrogen) atoms. The number of anilines is 1. The highest BCUT2D eigenvalue weighted by atomic mass is 19.1. The Morgan fingerprint density at radius 2 is 1.93 bits per heavy atom. The molecule has 4 rings (SSSR count). The smallest absolute Gasteiger partial charge is 0.226 e. The Morgan fingerprint density at radius 3 is 2.71 bits per heavy atom. The molecule has 0 atom stereocenters. The topological polar surface area (TPSA) is 64.9 Å². The summed E-state index contributed by atoms with van der Waals surface area (Å²) < 4.78 is 20.4. The predicted molar refractivity (Wildman–Crippen MR) is 104 cm³/mol. The average Bonchev–Trinajstić information content (AvgIpc) is 3.15. The maximum absolute atomic E-state index is 13.0. The third-order valence-corrected chi connectivity index (χ3v) is 4.08. The summed E-state index contributed by atoms with van der Waals surface area (Å²) in [6.07, 6.45) is 5.43. The first kappa shape index (κ1) is 17.7. The Hall–Kier alpha value is -3.74. The summed E-state index contributed by atoms with van der Waals surface area (Å²) in [5.41, 5.74) is 3.26. The highest BCUT2D eigenvalue weighted by Crippen LogP contribution is 2.21. The van der Waals surface area contributed by atoms with Gasteiger partial charge in [-0.2, -0.15) is 10.1 Å². The molecular formula is C21H18FN5O. The highest BCUT2D eigenvalue weighted by molar-refractivity contribution is 5.62. The predicted octanol–water partition coefficient (Wildman–Crippen LogP) is 4.42. The molecule has 0 fully saturated rings. The zero-order valence-corrected chi connectivity index (χ0v) is 15.2. The third-order valence-electron chi connectivity index (χ3n) is 4.08. The standard InChI is InChI=1S/C21H18FN5O/c1-27-14-17(13-25-27)16-4-2-3-15(11-16)12-24-21-23-10-9-20(26-21)28-19-7-5-18(22)6-8-19/h2-11,13-14H,12H2,1H3,(H,23,24,26). The SMILES string of the molecule is Cn1cc(-c2cccc(CNc3nccc(Oc4ccc(F)cc4)n3)c2)cn1. The molecule has 0 amide bonds. The van der Waals surface area contributed by atoms with Gasteiger partial charge in [0.1, 0.15) is 11.6 Å². The van der Waals surface area contributed by atoms with Gasteiger partial charge in [-0.1, -0.05) is 18.2 Å². The first-order chi connectivity index (χ1) is 13.7. The molecule has 0 unspecified atom stereocenters. The van der Waals surface area contributed by atoms with Crippen LogP contribution in [0.2, 0.25) is 0 Å². The van der Waals surface area contributed by atoms with Crippen LogP contribution in [0.1, 0.15) is 5.56 Å². The number of hydrogen-bond donors (Lipinski definition) is 1. The number of aromatic nitrogens is 4. The summed E-state index contributed by atoms with van der Waals surface area (Å²) >= 11 is 0. The monoisotopic (exact) mass is 375 g/mol. The van der Waals surface area contributed by atoms with Crippen LogP contribution in [0.4, 0.5) is 10.3 Å². The van der Waals surface area contributed by atoms with Crippen molar-refractivity contribution in [3.05, 3.63) is 84.6 Å². The van der Waals surface area contributed by atoms with E-state index in [0.29, 0.717) is 24.1 Å². The molecule has 7 heteroatoms. The van der Waals surface area contributed by atoms with Crippen LogP contribution in [-0.4, -0.2) is 19.7 Å². The zero-order valence-electron chi connectivity index (χ0n) is 15.2. The van der Waals surface area contributed by atoms with Gasteiger partial charge in [-0.15, -0.1) is 0 Å². The molecule has 1 N–H and O–H groups in total. The highest BCUT2D eigenvalue weighted by Gasteiger charge is 2.05. The minimum absolute atomic E-state index is 0.314. The van der Waals surface area contributed by atoms with Crippen molar-refractivity contribution >= 4 is 5.95 Å². The minimum atomic E-state index is -0.314. The van der Waals surface area contributed by atoms with E-state index in [2.05, 4.69) is 26.4 Å². The second-order valence-electron chi connectivity index (χ2n) is 6.23. The molecule has 2 heterocycles. The van der Waals surface area contributed by atoms with Crippen LogP contribution in [0.3, 0.4) is 0 Å². The van der Waals surface area contributed by atoms with Crippen molar-refractivity contribution in [3.63, 3.8) is 0 Å². The van der Waals surface area contributed by atoms with E-state index in [1.165, 1.54) is 12.1 Å². The Bertz CT molecular complexity index is 1080. The molecule has 4 aromatic rings. The van der Waals surface area contributed by atoms with Gasteiger partial charge in [0.05, 0.1) is 6.20 Å². The van der Waals surface area contributed by atoms with Gasteiger partial charge in [0, 0.05) is 37.6 Å². The van der Waals surface area contributed by atoms with E-state index in [4.69, 9.17) is 4.74 Å². The number of rotatable bonds is 6. The molecule has 0 radical (unpaired) electrons. The Balaban J connectivity index is 1.43. The van der Waals surface area contributed by atoms with E-state index in [0.717, 1.165) is 16.7 Å². The molecule has 0 aliphatic carbocycles. The average molecular weight is 375 g/mol. The van der Waals surface area contributed by atoms with Crippen LogP contribution in [0.15, 0.2) is 73.2 Å². The second kappa shape index (κ2) is 7.87. The lowest BCUT2D eigenvalue weighted by Gasteiger charge is -2.08. The summed E-state index contributed by atoms with van der Waals surface area (Å²) in [4.78, 5) is 8.56. The molecule has 0 bridgehead atoms. The number of aryl methyl sites for hydroxylation is 1. The zero-order chi connectivity index (χ0) is 19.3. The first-order valence-electron chi connectivity index (χ1n) is 8.74. The van der Waals surface area contributed by atoms with E-state index in [1.807, 2.05) is 37.6 Å². The number of hydrogen-bond acceptors (Lipinski definition) is 5. The van der Waals surface area contributed by atoms with E-state index < -0.39 is 0 Å². The van der Waals surface area contributed by atoms with Crippen molar-refractivity contribution in [2.75, 3.05) is 5.32 Å². The minimum Gasteiger partial charge on any atom is -0.439 e. The van der Waals surface area contributed by atoms with Crippen LogP contribution >= 0.6 is 0 Å². The van der Waals surface area contributed by atoms with Gasteiger partial charge in [0.15, 0.2) is 0 Å². The molecule has 2 aromatic carbocycles. The quantitative estimate of drug-likeness (QED) is 0.540. The second-order valence-corrected chi connectivity index (χ2v) is 6.23. The van der Waals surface area contributed by atoms with Crippen molar-refractivity contribution in [1.29, 1.82) is 0 Å². The van der Waals surface area contributed by atoms with Crippen molar-refractivity contribution < 1.29 is 9.13 Å². The van der Waals surface area contributed by atoms with Crippen molar-refractivity contribution in [2.24, 2.45) is 7.05 Å². The summed E-state index contributed by atoms with van der Waals surface area (Å²) in [5, 5.41) is 7.41. The van der Waals surface area contributed by atoms with Crippen molar-refractivity contribution in [1.82, 2.24) is 19.7 Å². The molecule has 2 aromatic heterocycles. The maximum atomic E-state index is 13.0. The van der Waals surface area contributed by atoms with Crippen LogP contribution < -0.4 is 10.1 Å². The number of nitrogens with zero attached hydrogens (tertiary/aromatic N) is 4. The van der Waals surface area contributed by atoms with Crippen LogP contribution in [0, 0.1) is 5.82 Å². The first-order valence-corrected chi connectivity index (χ1v) is 8.74. The Labute approximate surface area is 161 Å². The summed E-state index contributed by atoms with van der Waals surface area (Å²) in [5.74, 6) is 1.03. The van der Waals surface area contributed by atoms with Crippen LogP contribution in [0.25, 0.3) is 11.1 Å². The lowest BCUT2D eigenvalue weighted by molar-refractivity contribution is 0.460. The molecule has 0 saturated carbocycles. The van der Waals surface area contributed by atoms with E-state index in [9.17, 15) is 4.39 Å². The summed E-state index contributed by atoms with van der Waals surface area (Å²) in [6, 6.07) is 15.6. The molecular weight excluding hydrogens is 357 g/mol. The molecule has 0 spiro atoms. The third kappa shape index (κ3) is 4.32. The molecule has 140 valence electrons. The fraction of sp³-hybridized carbons (Fsp3) is 0.0952. The van der Waals surface area contributed by atoms with Gasteiger partial charge in [-0.25, -0.2) is 9.37 Å². The van der Waals surface area contributed by atoms with Gasteiger partial charge in [0.2, 0.25) is 11.8 Å². The summed E-state index contributed by atoms with van der Waals surface area (Å²) in [7, 11) is 1.90. The van der Waals surface area contributed by atoms with Crippen molar-refractivity contribution in [2.45, 2.75) is 6.54 Å². The van der Waals surface area contributed by atoms with Gasteiger partial charge in [0.25, 0.3) is 0 Å². The molecule has 6 nitrogen and oxygen atoms in total. The normalized spacial score (nSPS) is 10.6. The number of benzene rings is 2. The fourth-order valence-corrected chi connectivity index (χ4v) is 2.72. The lowest BCUT2D eigenvalue weighted by Crippen LogP contribution is -2.04. The molecule has 0 saturated heterocycles. The van der Waals surface area contributed by atoms with Gasteiger partial charge in [-0.05, 0) is 41.5 Å². The molecule has 0 aliphatic heterocycles. The number of halogens is 1. The Kier molecular flexibility index (Phi) is 4.97. The maximum Gasteiger partial charge on any atom is 0.226 e. The number of ether oxygens (including phenoxy) is 1. The van der Waals surface area contributed by atoms with Gasteiger partial charge >= 0.3 is 0 Å². The number of nitrogens with one attached hydrogen (secondary N) is 1. The largest absolute Gasteiger partial charge is 0.439 e. The lowest BCUT2D eigenvalue weighted by atomic mass is 10.1. The molecule has 0 aliphatic rings. The van der Waals surface area contributed by atoms with E-state index >= 15 is 0 Å². The fourth-order valence-electron chi connectivity index (χ4n) is 2.72. The van der Waals surface area contributed by atoms with Gasteiger partial charge in [-0.3, -0.25) is 4.68 Å². The van der Waals surface area contributed by atoms with Crippen molar-refractivity contribution in [3.8, 4) is 22.8 Å². The summed E-state index contributed by atoms with van der Waals surface area (Å²) in [6.45, 7) is 0.564.